The summed E-state index contributed by atoms with van der Waals surface area (Å²) in [5, 5.41) is 30.1. The number of benzene rings is 2. The van der Waals surface area contributed by atoms with Gasteiger partial charge in [0, 0.05) is 24.2 Å². The Morgan fingerprint density at radius 3 is 2.54 bits per heavy atom. The van der Waals surface area contributed by atoms with Gasteiger partial charge in [-0.15, -0.1) is 10.2 Å². The van der Waals surface area contributed by atoms with Gasteiger partial charge in [-0.25, -0.2) is 0 Å². The average molecular weight is 601 g/mol. The number of hydrogen-bond donors (Lipinski definition) is 2. The van der Waals surface area contributed by atoms with Crippen LogP contribution in [0.2, 0.25) is 5.02 Å². The number of ketones is 1. The van der Waals surface area contributed by atoms with Gasteiger partial charge in [-0.2, -0.15) is 0 Å². The zero-order valence-corrected chi connectivity index (χ0v) is 24.1. The Morgan fingerprint density at radius 1 is 1.12 bits per heavy atom. The van der Waals surface area contributed by atoms with Crippen LogP contribution < -0.4 is 9.47 Å². The number of hydrogen-bond acceptors (Lipinski definition) is 11. The lowest BCUT2D eigenvalue weighted by atomic mass is 10.0. The highest BCUT2D eigenvalue weighted by molar-refractivity contribution is 7.14. The van der Waals surface area contributed by atoms with E-state index in [-0.39, 0.29) is 35.3 Å². The van der Waals surface area contributed by atoms with Crippen LogP contribution in [0.3, 0.4) is 0 Å². The van der Waals surface area contributed by atoms with Crippen molar-refractivity contribution in [3.63, 3.8) is 0 Å². The van der Waals surface area contributed by atoms with Gasteiger partial charge in [0.05, 0.1) is 19.8 Å². The van der Waals surface area contributed by atoms with Gasteiger partial charge in [-0.3, -0.25) is 4.79 Å². The van der Waals surface area contributed by atoms with Crippen molar-refractivity contribution >= 4 is 28.7 Å². The fraction of sp³-hybridized carbons (Fsp3) is 0.345. The minimum Gasteiger partial charge on any atom is -0.495 e. The van der Waals surface area contributed by atoms with E-state index in [4.69, 9.17) is 35.0 Å². The third kappa shape index (κ3) is 6.45. The topological polar surface area (TPSA) is 133 Å². The summed E-state index contributed by atoms with van der Waals surface area (Å²) in [6.45, 7) is 4.06. The summed E-state index contributed by atoms with van der Waals surface area (Å²) in [5.74, 6) is 0.618. The molecule has 0 spiro atoms. The number of methoxy groups -OCH3 is 1. The van der Waals surface area contributed by atoms with Crippen LogP contribution in [0.4, 0.5) is 0 Å². The summed E-state index contributed by atoms with van der Waals surface area (Å²) in [5.41, 5.74) is 2.11. The summed E-state index contributed by atoms with van der Waals surface area (Å²) in [6, 6.07) is 13.9. The highest BCUT2D eigenvalue weighted by atomic mass is 35.5. The summed E-state index contributed by atoms with van der Waals surface area (Å²) in [4.78, 5) is 13.5. The number of rotatable bonds is 10. The first-order chi connectivity index (χ1) is 19.8. The molecule has 2 aromatic heterocycles. The van der Waals surface area contributed by atoms with Crippen LogP contribution in [-0.4, -0.2) is 65.0 Å². The number of aliphatic hydroxyl groups excluding tert-OH is 2. The van der Waals surface area contributed by atoms with Crippen molar-refractivity contribution in [3.05, 3.63) is 69.9 Å². The molecular weight excluding hydrogens is 572 g/mol. The molecule has 4 aromatic rings. The molecule has 0 bridgehead atoms. The smallest absolute Gasteiger partial charge is 0.231 e. The molecule has 1 aliphatic heterocycles. The fourth-order valence-corrected chi connectivity index (χ4v) is 5.35. The van der Waals surface area contributed by atoms with E-state index in [0.29, 0.717) is 29.2 Å². The second-order valence-corrected chi connectivity index (χ2v) is 10.9. The van der Waals surface area contributed by atoms with Gasteiger partial charge in [0.2, 0.25) is 12.1 Å². The monoisotopic (exact) mass is 600 g/mol. The van der Waals surface area contributed by atoms with E-state index >= 15 is 0 Å². The molecule has 0 radical (unpaired) electrons. The van der Waals surface area contributed by atoms with Gasteiger partial charge in [-0.05, 0) is 43.7 Å². The van der Waals surface area contributed by atoms with E-state index in [1.165, 1.54) is 18.4 Å². The predicted octanol–water partition coefficient (Wildman–Crippen LogP) is 5.24. The molecule has 2 aromatic carbocycles. The number of ether oxygens (including phenoxy) is 4. The number of carbonyl (C=O) groups is 1. The lowest BCUT2D eigenvalue weighted by molar-refractivity contribution is -0.198. The van der Waals surface area contributed by atoms with E-state index in [2.05, 4.69) is 10.2 Å². The van der Waals surface area contributed by atoms with Crippen molar-refractivity contribution < 1.29 is 38.4 Å². The zero-order chi connectivity index (χ0) is 29.1. The number of aliphatic hydroxyl groups is 2. The van der Waals surface area contributed by atoms with Gasteiger partial charge < -0.3 is 33.6 Å². The third-order valence-corrected chi connectivity index (χ3v) is 7.70. The van der Waals surface area contributed by atoms with Crippen molar-refractivity contribution in [3.8, 4) is 33.4 Å². The van der Waals surface area contributed by atoms with E-state index < -0.39 is 24.6 Å². The summed E-state index contributed by atoms with van der Waals surface area (Å²) < 4.78 is 28.5. The van der Waals surface area contributed by atoms with Gasteiger partial charge >= 0.3 is 0 Å². The van der Waals surface area contributed by atoms with E-state index in [0.717, 1.165) is 15.6 Å². The third-order valence-electron chi connectivity index (χ3n) is 6.44. The van der Waals surface area contributed by atoms with E-state index in [1.807, 2.05) is 38.1 Å². The molecule has 4 unspecified atom stereocenters. The SMILES string of the molecule is CCOC(C(=O)c1ccc(-c2cc(OC)c(Cl)c(OC3OCC(O)CC3O)c2)o1)c1ccc(-c2nnc(C)s2)cc1. The summed E-state index contributed by atoms with van der Waals surface area (Å²) >= 11 is 7.96. The van der Waals surface area contributed by atoms with Gasteiger partial charge in [-0.1, -0.05) is 47.2 Å². The largest absolute Gasteiger partial charge is 0.495 e. The van der Waals surface area contributed by atoms with Gasteiger partial charge in [0.1, 0.15) is 44.5 Å². The molecule has 0 saturated carbocycles. The second kappa shape index (κ2) is 12.7. The fourth-order valence-electron chi connectivity index (χ4n) is 4.42. The van der Waals surface area contributed by atoms with Gasteiger partial charge in [0.15, 0.2) is 5.76 Å². The summed E-state index contributed by atoms with van der Waals surface area (Å²) in [7, 11) is 1.46. The molecule has 216 valence electrons. The van der Waals surface area contributed by atoms with Crippen molar-refractivity contribution in [2.75, 3.05) is 20.3 Å². The van der Waals surface area contributed by atoms with Crippen LogP contribution in [0.25, 0.3) is 21.9 Å². The zero-order valence-electron chi connectivity index (χ0n) is 22.6. The Hall–Kier alpha value is -3.32. The van der Waals surface area contributed by atoms with E-state index in [1.54, 1.807) is 24.3 Å². The average Bonchev–Trinajstić information content (AvgIpc) is 3.64. The van der Waals surface area contributed by atoms with Crippen LogP contribution in [0.15, 0.2) is 52.9 Å². The minimum atomic E-state index is -1.05. The first-order valence-corrected chi connectivity index (χ1v) is 14.1. The number of Topliss-reactive ketones (excluding diaryl/α,β-unsaturated/α-hetero) is 1. The van der Waals surface area contributed by atoms with Crippen LogP contribution in [-0.2, 0) is 9.47 Å². The Balaban J connectivity index is 1.39. The standard InChI is InChI=1S/C29H29ClN2O8S/c1-4-37-27(16-5-7-17(8-6-16)28-32-31-15(2)41-28)26(35)22-10-9-21(39-22)18-11-23(36-3)25(30)24(12-18)40-29-20(34)13-19(33)14-38-29/h5-12,19-20,27,29,33-34H,4,13-14H2,1-3H3. The number of furan rings is 1. The molecule has 1 aliphatic rings. The van der Waals surface area contributed by atoms with E-state index in [9.17, 15) is 15.0 Å². The molecule has 0 aliphatic carbocycles. The predicted molar refractivity (Wildman–Crippen MR) is 151 cm³/mol. The molecule has 4 atom stereocenters. The number of aryl methyl sites for hydroxylation is 1. The molecule has 0 amide bonds. The molecule has 5 rings (SSSR count). The van der Waals surface area contributed by atoms with Crippen LogP contribution in [0.5, 0.6) is 11.5 Å². The highest BCUT2D eigenvalue weighted by Gasteiger charge is 2.32. The van der Waals surface area contributed by atoms with Crippen LogP contribution >= 0.6 is 22.9 Å². The normalized spacial score (nSPS) is 19.6. The number of nitrogens with zero attached hydrogens (tertiary/aromatic N) is 2. The quantitative estimate of drug-likeness (QED) is 0.233. The Labute approximate surface area is 245 Å². The second-order valence-electron chi connectivity index (χ2n) is 9.38. The first kappa shape index (κ1) is 29.2. The Bertz CT molecular complexity index is 1500. The number of carbonyl (C=O) groups excluding carboxylic acids is 1. The van der Waals surface area contributed by atoms with Crippen molar-refractivity contribution in [1.82, 2.24) is 10.2 Å². The first-order valence-electron chi connectivity index (χ1n) is 13.0. The molecule has 3 heterocycles. The Morgan fingerprint density at radius 2 is 1.88 bits per heavy atom. The number of aromatic nitrogens is 2. The van der Waals surface area contributed by atoms with Crippen LogP contribution in [0, 0.1) is 6.92 Å². The van der Waals surface area contributed by atoms with Gasteiger partial charge in [0.25, 0.3) is 0 Å². The molecule has 10 nitrogen and oxygen atoms in total. The molecule has 2 N–H and O–H groups in total. The number of halogens is 1. The molecular formula is C29H29ClN2O8S. The van der Waals surface area contributed by atoms with Crippen molar-refractivity contribution in [2.45, 2.75) is 44.9 Å². The lowest BCUT2D eigenvalue weighted by Gasteiger charge is -2.31. The molecule has 1 fully saturated rings. The Kier molecular flexibility index (Phi) is 9.03. The maximum absolute atomic E-state index is 13.5. The summed E-state index contributed by atoms with van der Waals surface area (Å²) in [6.07, 6.45) is -3.63. The maximum atomic E-state index is 13.5. The molecule has 1 saturated heterocycles. The molecule has 12 heteroatoms. The lowest BCUT2D eigenvalue weighted by Crippen LogP contribution is -2.44. The van der Waals surface area contributed by atoms with Crippen LogP contribution in [0.1, 0.15) is 40.6 Å². The maximum Gasteiger partial charge on any atom is 0.231 e. The minimum absolute atomic E-state index is 0.0192. The highest BCUT2D eigenvalue weighted by Crippen LogP contribution is 2.41. The molecule has 41 heavy (non-hydrogen) atoms. The van der Waals surface area contributed by atoms with Crippen molar-refractivity contribution in [1.29, 1.82) is 0 Å². The van der Waals surface area contributed by atoms with Crippen molar-refractivity contribution in [2.24, 2.45) is 0 Å².